The molecule has 1 fully saturated rings. The molecule has 0 aliphatic heterocycles. The smallest absolute Gasteiger partial charge is 0.335 e. The molecule has 1 aromatic rings. The van der Waals surface area contributed by atoms with Crippen LogP contribution in [-0.2, 0) is 6.42 Å². The largest absolute Gasteiger partial charge is 0.478 e. The van der Waals surface area contributed by atoms with Gasteiger partial charge in [-0.25, -0.2) is 9.78 Å². The zero-order chi connectivity index (χ0) is 12.3. The molecule has 0 saturated heterocycles. The van der Waals surface area contributed by atoms with E-state index in [9.17, 15) is 4.79 Å². The number of carbonyl (C=O) groups is 1. The van der Waals surface area contributed by atoms with Gasteiger partial charge in [-0.1, -0.05) is 6.92 Å². The predicted molar refractivity (Wildman–Crippen MR) is 63.5 cm³/mol. The van der Waals surface area contributed by atoms with Crippen LogP contribution in [0.25, 0.3) is 0 Å². The molecular weight excluding hydrogens is 218 g/mol. The summed E-state index contributed by atoms with van der Waals surface area (Å²) in [6.45, 7) is 1.95. The monoisotopic (exact) mass is 235 g/mol. The fourth-order valence-corrected chi connectivity index (χ4v) is 2.10. The van der Waals surface area contributed by atoms with Crippen molar-refractivity contribution in [2.45, 2.75) is 45.1 Å². The summed E-state index contributed by atoms with van der Waals surface area (Å²) in [5.41, 5.74) is 1.02. The second-order valence-electron chi connectivity index (χ2n) is 4.37. The first-order chi connectivity index (χ1) is 8.19. The van der Waals surface area contributed by atoms with E-state index >= 15 is 0 Å². The normalized spacial score (nSPS) is 16.1. The molecule has 0 spiro atoms. The van der Waals surface area contributed by atoms with Crippen molar-refractivity contribution in [3.63, 3.8) is 0 Å². The minimum absolute atomic E-state index is 0.205. The molecule has 1 heterocycles. The molecule has 0 atom stereocenters. The summed E-state index contributed by atoms with van der Waals surface area (Å²) in [7, 11) is 0. The van der Waals surface area contributed by atoms with Crippen molar-refractivity contribution >= 4 is 5.97 Å². The van der Waals surface area contributed by atoms with Crippen LogP contribution in [-0.4, -0.2) is 22.2 Å². The highest BCUT2D eigenvalue weighted by Gasteiger charge is 2.18. The Morgan fingerprint density at radius 3 is 2.76 bits per heavy atom. The van der Waals surface area contributed by atoms with Crippen LogP contribution in [0.3, 0.4) is 0 Å². The number of aromatic nitrogens is 1. The summed E-state index contributed by atoms with van der Waals surface area (Å²) in [4.78, 5) is 15.3. The van der Waals surface area contributed by atoms with Crippen LogP contribution in [0.15, 0.2) is 12.1 Å². The van der Waals surface area contributed by atoms with Gasteiger partial charge in [0.1, 0.15) is 6.10 Å². The van der Waals surface area contributed by atoms with Gasteiger partial charge in [0.15, 0.2) is 0 Å². The summed E-state index contributed by atoms with van der Waals surface area (Å²) in [5, 5.41) is 9.01. The second-order valence-corrected chi connectivity index (χ2v) is 4.37. The van der Waals surface area contributed by atoms with Gasteiger partial charge in [-0.3, -0.25) is 0 Å². The van der Waals surface area contributed by atoms with Crippen molar-refractivity contribution in [1.82, 2.24) is 4.98 Å². The minimum Gasteiger partial charge on any atom is -0.478 e. The molecule has 0 bridgehead atoms. The SMILES string of the molecule is CCc1cc(C(=O)O)cc(OC2CCCC2)n1. The number of carboxylic acid groups (broad SMARTS) is 1. The van der Waals surface area contributed by atoms with Crippen LogP contribution < -0.4 is 4.74 Å². The maximum atomic E-state index is 11.0. The number of carboxylic acids is 1. The third-order valence-electron chi connectivity index (χ3n) is 3.05. The van der Waals surface area contributed by atoms with Crippen molar-refractivity contribution in [3.05, 3.63) is 23.4 Å². The number of aryl methyl sites for hydroxylation is 1. The van der Waals surface area contributed by atoms with Crippen molar-refractivity contribution in [2.24, 2.45) is 0 Å². The Hall–Kier alpha value is -1.58. The number of rotatable bonds is 4. The summed E-state index contributed by atoms with van der Waals surface area (Å²) >= 11 is 0. The third-order valence-corrected chi connectivity index (χ3v) is 3.05. The average molecular weight is 235 g/mol. The van der Waals surface area contributed by atoms with E-state index < -0.39 is 5.97 Å². The fraction of sp³-hybridized carbons (Fsp3) is 0.538. The third kappa shape index (κ3) is 2.96. The molecule has 1 aliphatic rings. The minimum atomic E-state index is -0.932. The van der Waals surface area contributed by atoms with Crippen LogP contribution in [0.5, 0.6) is 5.88 Å². The lowest BCUT2D eigenvalue weighted by Crippen LogP contribution is -2.13. The van der Waals surface area contributed by atoms with Gasteiger partial charge in [0.05, 0.1) is 5.56 Å². The van der Waals surface area contributed by atoms with Crippen molar-refractivity contribution in [3.8, 4) is 5.88 Å². The molecule has 1 aliphatic carbocycles. The number of hydrogen-bond donors (Lipinski definition) is 1. The highest BCUT2D eigenvalue weighted by molar-refractivity contribution is 5.88. The Balaban J connectivity index is 2.19. The molecule has 4 heteroatoms. The van der Waals surface area contributed by atoms with Crippen LogP contribution in [0, 0.1) is 0 Å². The summed E-state index contributed by atoms with van der Waals surface area (Å²) in [6, 6.07) is 3.11. The zero-order valence-corrected chi connectivity index (χ0v) is 9.98. The molecule has 0 amide bonds. The van der Waals surface area contributed by atoms with E-state index in [2.05, 4.69) is 4.98 Å². The molecule has 1 N–H and O–H groups in total. The predicted octanol–water partition coefficient (Wildman–Crippen LogP) is 2.66. The quantitative estimate of drug-likeness (QED) is 0.871. The van der Waals surface area contributed by atoms with Gasteiger partial charge < -0.3 is 9.84 Å². The first-order valence-electron chi connectivity index (χ1n) is 6.10. The highest BCUT2D eigenvalue weighted by Crippen LogP contribution is 2.24. The van der Waals surface area contributed by atoms with Crippen molar-refractivity contribution < 1.29 is 14.6 Å². The highest BCUT2D eigenvalue weighted by atomic mass is 16.5. The first-order valence-corrected chi connectivity index (χ1v) is 6.10. The van der Waals surface area contributed by atoms with E-state index in [0.717, 1.165) is 18.5 Å². The molecule has 0 aromatic carbocycles. The van der Waals surface area contributed by atoms with Crippen molar-refractivity contribution in [1.29, 1.82) is 0 Å². The van der Waals surface area contributed by atoms with Gasteiger partial charge in [0.2, 0.25) is 5.88 Å². The lowest BCUT2D eigenvalue weighted by Gasteiger charge is -2.13. The topological polar surface area (TPSA) is 59.4 Å². The lowest BCUT2D eigenvalue weighted by molar-refractivity contribution is 0.0695. The Morgan fingerprint density at radius 2 is 2.18 bits per heavy atom. The second kappa shape index (κ2) is 5.17. The molecule has 1 aromatic heterocycles. The van der Waals surface area contributed by atoms with Gasteiger partial charge in [0.25, 0.3) is 0 Å². The van der Waals surface area contributed by atoms with Gasteiger partial charge in [-0.15, -0.1) is 0 Å². The van der Waals surface area contributed by atoms with Gasteiger partial charge in [-0.2, -0.15) is 0 Å². The summed E-state index contributed by atoms with van der Waals surface area (Å²) in [6.07, 6.45) is 5.37. The molecule has 0 radical (unpaired) electrons. The van der Waals surface area contributed by atoms with Gasteiger partial charge in [0, 0.05) is 11.8 Å². The Labute approximate surface area is 101 Å². The van der Waals surface area contributed by atoms with Crippen molar-refractivity contribution in [2.75, 3.05) is 0 Å². The zero-order valence-electron chi connectivity index (χ0n) is 9.98. The Morgan fingerprint density at radius 1 is 1.47 bits per heavy atom. The molecular formula is C13H17NO3. The van der Waals surface area contributed by atoms with E-state index in [0.29, 0.717) is 12.3 Å². The van der Waals surface area contributed by atoms with E-state index in [-0.39, 0.29) is 11.7 Å². The Kier molecular flexibility index (Phi) is 3.61. The molecule has 1 saturated carbocycles. The number of pyridine rings is 1. The summed E-state index contributed by atoms with van der Waals surface area (Å²) in [5.74, 6) is -0.480. The molecule has 4 nitrogen and oxygen atoms in total. The molecule has 0 unspecified atom stereocenters. The summed E-state index contributed by atoms with van der Waals surface area (Å²) < 4.78 is 5.73. The number of aromatic carboxylic acids is 1. The van der Waals surface area contributed by atoms with Crippen LogP contribution in [0.4, 0.5) is 0 Å². The molecule has 92 valence electrons. The lowest BCUT2D eigenvalue weighted by atomic mass is 10.2. The van der Waals surface area contributed by atoms with Gasteiger partial charge in [-0.05, 0) is 38.2 Å². The molecule has 17 heavy (non-hydrogen) atoms. The van der Waals surface area contributed by atoms with Crippen LogP contribution in [0.2, 0.25) is 0 Å². The maximum absolute atomic E-state index is 11.0. The number of nitrogens with zero attached hydrogens (tertiary/aromatic N) is 1. The average Bonchev–Trinajstić information content (AvgIpc) is 2.81. The van der Waals surface area contributed by atoms with E-state index in [1.807, 2.05) is 6.92 Å². The fourth-order valence-electron chi connectivity index (χ4n) is 2.10. The number of hydrogen-bond acceptors (Lipinski definition) is 3. The molecule has 2 rings (SSSR count). The van der Waals surface area contributed by atoms with E-state index in [1.54, 1.807) is 6.07 Å². The first kappa shape index (κ1) is 11.9. The van der Waals surface area contributed by atoms with Crippen LogP contribution >= 0.6 is 0 Å². The van der Waals surface area contributed by atoms with Crippen LogP contribution in [0.1, 0.15) is 48.7 Å². The number of ether oxygens (including phenoxy) is 1. The maximum Gasteiger partial charge on any atom is 0.335 e. The van der Waals surface area contributed by atoms with E-state index in [1.165, 1.54) is 18.9 Å². The Bertz CT molecular complexity index is 411. The van der Waals surface area contributed by atoms with E-state index in [4.69, 9.17) is 9.84 Å². The standard InChI is InChI=1S/C13H17NO3/c1-2-10-7-9(13(15)16)8-12(14-10)17-11-5-3-4-6-11/h7-8,11H,2-6H2,1H3,(H,15,16). The van der Waals surface area contributed by atoms with Gasteiger partial charge >= 0.3 is 5.97 Å².